The van der Waals surface area contributed by atoms with Gasteiger partial charge in [0.1, 0.15) is 0 Å². The molecular weight excluding hydrogens is 230 g/mol. The van der Waals surface area contributed by atoms with Crippen molar-refractivity contribution < 1.29 is 0 Å². The molecule has 1 aromatic heterocycles. The highest BCUT2D eigenvalue weighted by atomic mass is 32.1. The Morgan fingerprint density at radius 1 is 1.24 bits per heavy atom. The van der Waals surface area contributed by atoms with Crippen LogP contribution < -0.4 is 10.6 Å². The molecule has 0 aliphatic heterocycles. The number of benzene rings is 1. The second kappa shape index (κ2) is 4.75. The van der Waals surface area contributed by atoms with Crippen LogP contribution in [0, 0.1) is 6.92 Å². The van der Waals surface area contributed by atoms with E-state index in [0.717, 1.165) is 4.80 Å². The van der Waals surface area contributed by atoms with Crippen molar-refractivity contribution in [2.45, 2.75) is 26.8 Å². The van der Waals surface area contributed by atoms with Crippen LogP contribution in [-0.2, 0) is 0 Å². The molecule has 17 heavy (non-hydrogen) atoms. The number of aryl methyl sites for hydroxylation is 1. The Morgan fingerprint density at radius 3 is 2.41 bits per heavy atom. The third kappa shape index (κ3) is 2.13. The number of hydrogen-bond acceptors (Lipinski definition) is 3. The Bertz CT molecular complexity index is 564. The summed E-state index contributed by atoms with van der Waals surface area (Å²) >= 11 is 1.64. The summed E-state index contributed by atoms with van der Waals surface area (Å²) in [5.74, 6) is 5.46. The second-order valence-electron chi connectivity index (χ2n) is 4.25. The van der Waals surface area contributed by atoms with Gasteiger partial charge < -0.3 is 10.4 Å². The minimum atomic E-state index is 0.345. The predicted molar refractivity (Wildman–Crippen MR) is 72.6 cm³/mol. The molecule has 2 aromatic rings. The van der Waals surface area contributed by atoms with Crippen molar-refractivity contribution in [2.75, 3.05) is 0 Å². The monoisotopic (exact) mass is 247 g/mol. The van der Waals surface area contributed by atoms with Crippen molar-refractivity contribution in [1.29, 1.82) is 0 Å². The zero-order valence-electron chi connectivity index (χ0n) is 10.3. The van der Waals surface area contributed by atoms with Crippen LogP contribution in [0.25, 0.3) is 11.3 Å². The summed E-state index contributed by atoms with van der Waals surface area (Å²) in [5, 5.41) is 3.88. The first-order valence-corrected chi connectivity index (χ1v) is 6.48. The van der Waals surface area contributed by atoms with Crippen molar-refractivity contribution in [3.8, 4) is 11.3 Å². The van der Waals surface area contributed by atoms with Gasteiger partial charge in [0.25, 0.3) is 0 Å². The number of thiazole rings is 1. The molecule has 0 radical (unpaired) electrons. The van der Waals surface area contributed by atoms with E-state index >= 15 is 0 Å². The average molecular weight is 247 g/mol. The molecule has 2 rings (SSSR count). The first-order valence-electron chi connectivity index (χ1n) is 5.66. The van der Waals surface area contributed by atoms with E-state index in [4.69, 9.17) is 5.84 Å². The quantitative estimate of drug-likeness (QED) is 0.643. The van der Waals surface area contributed by atoms with Gasteiger partial charge in [0.05, 0.1) is 5.69 Å². The summed E-state index contributed by atoms with van der Waals surface area (Å²) in [4.78, 5) is 2.12. The highest BCUT2D eigenvalue weighted by Gasteiger charge is 2.14. The van der Waals surface area contributed by atoms with Gasteiger partial charge in [-0.05, 0) is 26.3 Å². The van der Waals surface area contributed by atoms with Gasteiger partial charge in [0.15, 0.2) is 0 Å². The highest BCUT2D eigenvalue weighted by molar-refractivity contribution is 7.09. The Balaban J connectivity index is 2.74. The van der Waals surface area contributed by atoms with Crippen molar-refractivity contribution in [3.63, 3.8) is 0 Å². The fourth-order valence-electron chi connectivity index (χ4n) is 2.01. The molecule has 0 aliphatic rings. The summed E-state index contributed by atoms with van der Waals surface area (Å²) in [6.07, 6.45) is 0. The predicted octanol–water partition coefficient (Wildman–Crippen LogP) is 2.88. The zero-order valence-corrected chi connectivity index (χ0v) is 11.2. The van der Waals surface area contributed by atoms with Gasteiger partial charge in [-0.15, -0.1) is 0 Å². The van der Waals surface area contributed by atoms with E-state index in [1.54, 1.807) is 11.3 Å². The maximum atomic E-state index is 5.46. The van der Waals surface area contributed by atoms with E-state index < -0.39 is 0 Å². The van der Waals surface area contributed by atoms with Crippen LogP contribution in [0.5, 0.6) is 0 Å². The summed E-state index contributed by atoms with van der Waals surface area (Å²) in [7, 11) is 0. The molecule has 4 heteroatoms. The minimum absolute atomic E-state index is 0.345. The van der Waals surface area contributed by atoms with Crippen LogP contribution in [0.3, 0.4) is 0 Å². The number of rotatable bonds is 2. The first-order chi connectivity index (χ1) is 8.15. The van der Waals surface area contributed by atoms with Gasteiger partial charge in [-0.2, -0.15) is 5.10 Å². The molecule has 0 fully saturated rings. The average Bonchev–Trinajstić information content (AvgIpc) is 2.67. The Morgan fingerprint density at radius 2 is 1.88 bits per heavy atom. The van der Waals surface area contributed by atoms with E-state index in [1.807, 2.05) is 6.07 Å². The van der Waals surface area contributed by atoms with Gasteiger partial charge in [-0.25, -0.2) is 0 Å². The Labute approximate surface area is 105 Å². The van der Waals surface area contributed by atoms with Crippen LogP contribution >= 0.6 is 11.3 Å². The lowest BCUT2D eigenvalue weighted by molar-refractivity contribution is 0.586. The van der Waals surface area contributed by atoms with Gasteiger partial charge >= 0.3 is 0 Å². The Kier molecular flexibility index (Phi) is 3.33. The third-order valence-electron chi connectivity index (χ3n) is 2.70. The molecule has 2 N–H and O–H groups in total. The van der Waals surface area contributed by atoms with Gasteiger partial charge in [0, 0.05) is 10.9 Å². The summed E-state index contributed by atoms with van der Waals surface area (Å²) in [6, 6.07) is 10.7. The smallest absolute Gasteiger partial charge is 0.208 e. The van der Waals surface area contributed by atoms with E-state index in [-0.39, 0.29) is 0 Å². The molecule has 0 atom stereocenters. The van der Waals surface area contributed by atoms with Crippen LogP contribution in [-0.4, -0.2) is 4.57 Å². The number of aromatic nitrogens is 1. The molecule has 1 heterocycles. The van der Waals surface area contributed by atoms with E-state index in [1.165, 1.54) is 16.1 Å². The number of nitrogens with zero attached hydrogens (tertiary/aromatic N) is 2. The summed E-state index contributed by atoms with van der Waals surface area (Å²) < 4.78 is 2.19. The van der Waals surface area contributed by atoms with Crippen molar-refractivity contribution in [3.05, 3.63) is 40.0 Å². The normalized spacial score (nSPS) is 12.4. The molecule has 90 valence electrons. The van der Waals surface area contributed by atoms with E-state index in [9.17, 15) is 0 Å². The van der Waals surface area contributed by atoms with E-state index in [0.29, 0.717) is 6.04 Å². The highest BCUT2D eigenvalue weighted by Crippen LogP contribution is 2.27. The maximum absolute atomic E-state index is 5.46. The zero-order chi connectivity index (χ0) is 12.4. The van der Waals surface area contributed by atoms with Crippen LogP contribution in [0.2, 0.25) is 0 Å². The van der Waals surface area contributed by atoms with Crippen molar-refractivity contribution >= 4 is 11.3 Å². The van der Waals surface area contributed by atoms with Gasteiger partial charge in [0.2, 0.25) is 4.80 Å². The lowest BCUT2D eigenvalue weighted by atomic mass is 10.1. The minimum Gasteiger partial charge on any atom is -0.320 e. The maximum Gasteiger partial charge on any atom is 0.208 e. The number of hydrogen-bond donors (Lipinski definition) is 1. The van der Waals surface area contributed by atoms with Gasteiger partial charge in [-0.3, -0.25) is 0 Å². The van der Waals surface area contributed by atoms with Crippen molar-refractivity contribution in [2.24, 2.45) is 10.9 Å². The molecule has 0 spiro atoms. The molecular formula is C13H17N3S. The summed E-state index contributed by atoms with van der Waals surface area (Å²) in [5.41, 5.74) is 2.43. The third-order valence-corrected chi connectivity index (χ3v) is 3.68. The molecule has 0 unspecified atom stereocenters. The van der Waals surface area contributed by atoms with Crippen molar-refractivity contribution in [1.82, 2.24) is 4.57 Å². The number of nitrogens with two attached hydrogens (primary N) is 1. The SMILES string of the molecule is Cc1s/c(=N/N)n(C(C)C)c1-c1ccccc1. The summed E-state index contributed by atoms with van der Waals surface area (Å²) in [6.45, 7) is 6.40. The fraction of sp³-hybridized carbons (Fsp3) is 0.308. The lowest BCUT2D eigenvalue weighted by Gasteiger charge is -2.13. The second-order valence-corrected chi connectivity index (χ2v) is 5.43. The molecule has 0 bridgehead atoms. The van der Waals surface area contributed by atoms with Crippen LogP contribution in [0.1, 0.15) is 24.8 Å². The molecule has 0 saturated heterocycles. The fourth-order valence-corrected chi connectivity index (χ4v) is 3.05. The molecule has 0 amide bonds. The molecule has 1 aromatic carbocycles. The Hall–Kier alpha value is -1.55. The largest absolute Gasteiger partial charge is 0.320 e. The topological polar surface area (TPSA) is 43.3 Å². The van der Waals surface area contributed by atoms with E-state index in [2.05, 4.69) is 54.7 Å². The standard InChI is InChI=1S/C13H17N3S/c1-9(2)16-12(10(3)17-13(16)15-14)11-7-5-4-6-8-11/h4-9H,14H2,1-3H3/b15-13+. The van der Waals surface area contributed by atoms with Gasteiger partial charge in [-0.1, -0.05) is 41.7 Å². The van der Waals surface area contributed by atoms with Crippen LogP contribution in [0.15, 0.2) is 35.4 Å². The first kappa shape index (κ1) is 11.9. The molecule has 0 saturated carbocycles. The molecule has 3 nitrogen and oxygen atoms in total. The lowest BCUT2D eigenvalue weighted by Crippen LogP contribution is -2.19. The molecule has 0 aliphatic carbocycles. The van der Waals surface area contributed by atoms with Crippen LogP contribution in [0.4, 0.5) is 0 Å².